The van der Waals surface area contributed by atoms with E-state index in [0.717, 1.165) is 23.3 Å². The van der Waals surface area contributed by atoms with Crippen molar-refractivity contribution in [3.63, 3.8) is 0 Å². The molecule has 35 heavy (non-hydrogen) atoms. The number of nitro benzene ring substituents is 1. The van der Waals surface area contributed by atoms with Gasteiger partial charge in [-0.05, 0) is 36.9 Å². The molecule has 0 radical (unpaired) electrons. The SMILES string of the molecule is CCN(CC)CCN(C(=O)C=Cc1ccc([N+](=O)[O-])cc1)c1nc2cc3c(cc2s1)OCCO3.Cl. The number of thiazole rings is 1. The van der Waals surface area contributed by atoms with Gasteiger partial charge in [-0.15, -0.1) is 12.4 Å². The Balaban J connectivity index is 0.00000342. The zero-order valence-electron chi connectivity index (χ0n) is 19.5. The van der Waals surface area contributed by atoms with E-state index in [4.69, 9.17) is 14.5 Å². The van der Waals surface area contributed by atoms with Gasteiger partial charge in [0.1, 0.15) is 13.2 Å². The third-order valence-corrected chi connectivity index (χ3v) is 6.64. The lowest BCUT2D eigenvalue weighted by Gasteiger charge is -2.23. The maximum Gasteiger partial charge on any atom is 0.269 e. The van der Waals surface area contributed by atoms with Crippen LogP contribution in [-0.2, 0) is 4.79 Å². The highest BCUT2D eigenvalue weighted by Gasteiger charge is 2.21. The number of ether oxygens (including phenoxy) is 2. The van der Waals surface area contributed by atoms with E-state index in [9.17, 15) is 14.9 Å². The Bertz CT molecular complexity index is 1170. The van der Waals surface area contributed by atoms with Crippen LogP contribution in [0.5, 0.6) is 11.5 Å². The number of nitro groups is 1. The van der Waals surface area contributed by atoms with Crippen LogP contribution in [0.2, 0.25) is 0 Å². The molecule has 1 aliphatic rings. The molecule has 4 rings (SSSR count). The first-order valence-corrected chi connectivity index (χ1v) is 12.0. The van der Waals surface area contributed by atoms with Gasteiger partial charge in [0.25, 0.3) is 11.6 Å². The van der Waals surface area contributed by atoms with Crippen molar-refractivity contribution in [2.45, 2.75) is 13.8 Å². The first-order chi connectivity index (χ1) is 16.5. The molecule has 0 bridgehead atoms. The van der Waals surface area contributed by atoms with Crippen LogP contribution in [0.4, 0.5) is 10.8 Å². The standard InChI is InChI=1S/C24H26N4O5S.ClH/c1-3-26(4-2)11-12-27(23(29)10-7-17-5-8-18(9-6-17)28(30)31)24-25-19-15-20-21(16-22(19)34-24)33-14-13-32-20;/h5-10,15-16H,3-4,11-14H2,1-2H3;1H. The summed E-state index contributed by atoms with van der Waals surface area (Å²) in [5.41, 5.74) is 1.47. The normalized spacial score (nSPS) is 12.7. The molecule has 2 heterocycles. The predicted molar refractivity (Wildman–Crippen MR) is 140 cm³/mol. The van der Waals surface area contributed by atoms with Crippen molar-refractivity contribution in [2.75, 3.05) is 44.3 Å². The number of carbonyl (C=O) groups is 1. The van der Waals surface area contributed by atoms with Gasteiger partial charge in [0.05, 0.1) is 15.1 Å². The maximum atomic E-state index is 13.2. The molecule has 11 heteroatoms. The lowest BCUT2D eigenvalue weighted by Crippen LogP contribution is -2.38. The van der Waals surface area contributed by atoms with Crippen LogP contribution in [0, 0.1) is 10.1 Å². The molecule has 9 nitrogen and oxygen atoms in total. The average molecular weight is 519 g/mol. The predicted octanol–water partition coefficient (Wildman–Crippen LogP) is 4.79. The summed E-state index contributed by atoms with van der Waals surface area (Å²) >= 11 is 1.43. The summed E-state index contributed by atoms with van der Waals surface area (Å²) in [5, 5.41) is 11.5. The quantitative estimate of drug-likeness (QED) is 0.228. The summed E-state index contributed by atoms with van der Waals surface area (Å²) in [5.74, 6) is 1.14. The Morgan fingerprint density at radius 2 is 1.77 bits per heavy atom. The molecule has 2 aromatic carbocycles. The van der Waals surface area contributed by atoms with E-state index in [2.05, 4.69) is 18.7 Å². The third-order valence-electron chi connectivity index (χ3n) is 5.59. The van der Waals surface area contributed by atoms with Gasteiger partial charge in [-0.2, -0.15) is 0 Å². The van der Waals surface area contributed by atoms with Crippen molar-refractivity contribution in [3.8, 4) is 11.5 Å². The van der Waals surface area contributed by atoms with Crippen molar-refractivity contribution in [1.82, 2.24) is 9.88 Å². The molecule has 1 amide bonds. The highest BCUT2D eigenvalue weighted by molar-refractivity contribution is 7.22. The Kier molecular flexibility index (Phi) is 9.02. The van der Waals surface area contributed by atoms with Gasteiger partial charge in [-0.25, -0.2) is 4.98 Å². The van der Waals surface area contributed by atoms with Crippen LogP contribution < -0.4 is 14.4 Å². The number of likely N-dealkylation sites (N-methyl/N-ethyl adjacent to an activating group) is 1. The van der Waals surface area contributed by atoms with Gasteiger partial charge >= 0.3 is 0 Å². The molecule has 1 aliphatic heterocycles. The van der Waals surface area contributed by atoms with Gasteiger partial charge in [0, 0.05) is 43.4 Å². The number of fused-ring (bicyclic) bond motifs is 2. The maximum absolute atomic E-state index is 13.2. The summed E-state index contributed by atoms with van der Waals surface area (Å²) in [7, 11) is 0. The molecule has 1 aromatic heterocycles. The number of non-ortho nitro benzene ring substituents is 1. The third kappa shape index (κ3) is 6.27. The summed E-state index contributed by atoms with van der Waals surface area (Å²) in [6.07, 6.45) is 3.14. The van der Waals surface area contributed by atoms with Crippen molar-refractivity contribution >= 4 is 56.8 Å². The zero-order valence-corrected chi connectivity index (χ0v) is 21.1. The van der Waals surface area contributed by atoms with E-state index in [-0.39, 0.29) is 24.0 Å². The van der Waals surface area contributed by atoms with Gasteiger partial charge in [-0.1, -0.05) is 25.2 Å². The van der Waals surface area contributed by atoms with Gasteiger partial charge in [0.15, 0.2) is 16.6 Å². The number of nitrogens with zero attached hydrogens (tertiary/aromatic N) is 4. The molecular weight excluding hydrogens is 492 g/mol. The smallest absolute Gasteiger partial charge is 0.269 e. The lowest BCUT2D eigenvalue weighted by molar-refractivity contribution is -0.384. The summed E-state index contributed by atoms with van der Waals surface area (Å²) in [4.78, 5) is 32.3. The number of anilines is 1. The number of benzene rings is 2. The first kappa shape index (κ1) is 26.4. The Labute approximate surface area is 213 Å². The molecule has 0 unspecified atom stereocenters. The fourth-order valence-electron chi connectivity index (χ4n) is 3.61. The van der Waals surface area contributed by atoms with E-state index in [1.807, 2.05) is 12.1 Å². The largest absolute Gasteiger partial charge is 0.486 e. The second-order valence-corrected chi connectivity index (χ2v) is 8.67. The molecule has 0 saturated heterocycles. The minimum Gasteiger partial charge on any atom is -0.486 e. The van der Waals surface area contributed by atoms with E-state index in [0.29, 0.717) is 48.5 Å². The van der Waals surface area contributed by atoms with E-state index in [1.165, 1.54) is 29.5 Å². The topological polar surface area (TPSA) is 98.0 Å². The Morgan fingerprint density at radius 1 is 1.11 bits per heavy atom. The number of rotatable bonds is 9. The van der Waals surface area contributed by atoms with Crippen LogP contribution in [0.15, 0.2) is 42.5 Å². The van der Waals surface area contributed by atoms with Crippen LogP contribution in [0.1, 0.15) is 19.4 Å². The molecule has 186 valence electrons. The average Bonchev–Trinajstić information content (AvgIpc) is 3.26. The summed E-state index contributed by atoms with van der Waals surface area (Å²) in [6, 6.07) is 9.83. The number of amides is 1. The lowest BCUT2D eigenvalue weighted by atomic mass is 10.2. The molecule has 3 aromatic rings. The number of carbonyl (C=O) groups excluding carboxylic acids is 1. The molecule has 0 atom stereocenters. The zero-order chi connectivity index (χ0) is 24.1. The molecule has 0 spiro atoms. The van der Waals surface area contributed by atoms with Gasteiger partial charge in [-0.3, -0.25) is 19.8 Å². The Hall–Kier alpha value is -3.21. The minimum atomic E-state index is -0.450. The van der Waals surface area contributed by atoms with Crippen LogP contribution in [-0.4, -0.2) is 60.1 Å². The number of aromatic nitrogens is 1. The Morgan fingerprint density at radius 3 is 2.40 bits per heavy atom. The molecule has 0 fully saturated rings. The molecule has 0 aliphatic carbocycles. The summed E-state index contributed by atoms with van der Waals surface area (Å²) in [6.45, 7) is 8.15. The molecule has 0 saturated carbocycles. The fraction of sp³-hybridized carbons (Fsp3) is 0.333. The van der Waals surface area contributed by atoms with Crippen molar-refractivity contribution < 1.29 is 19.2 Å². The number of hydrogen-bond donors (Lipinski definition) is 0. The van der Waals surface area contributed by atoms with Crippen molar-refractivity contribution in [2.24, 2.45) is 0 Å². The highest BCUT2D eigenvalue weighted by atomic mass is 35.5. The molecular formula is C24H27ClN4O5S. The van der Waals surface area contributed by atoms with E-state index in [1.54, 1.807) is 23.1 Å². The van der Waals surface area contributed by atoms with Gasteiger partial charge < -0.3 is 14.4 Å². The highest BCUT2D eigenvalue weighted by Crippen LogP contribution is 2.38. The fourth-order valence-corrected chi connectivity index (χ4v) is 4.62. The van der Waals surface area contributed by atoms with Crippen LogP contribution >= 0.6 is 23.7 Å². The van der Waals surface area contributed by atoms with Crippen LogP contribution in [0.3, 0.4) is 0 Å². The monoisotopic (exact) mass is 518 g/mol. The second-order valence-electron chi connectivity index (χ2n) is 7.66. The van der Waals surface area contributed by atoms with Gasteiger partial charge in [0.2, 0.25) is 0 Å². The first-order valence-electron chi connectivity index (χ1n) is 11.1. The molecule has 0 N–H and O–H groups in total. The number of hydrogen-bond acceptors (Lipinski definition) is 8. The van der Waals surface area contributed by atoms with Crippen molar-refractivity contribution in [1.29, 1.82) is 0 Å². The second kappa shape index (κ2) is 12.0. The summed E-state index contributed by atoms with van der Waals surface area (Å²) < 4.78 is 12.3. The van der Waals surface area contributed by atoms with E-state index >= 15 is 0 Å². The van der Waals surface area contributed by atoms with E-state index < -0.39 is 4.92 Å². The van der Waals surface area contributed by atoms with Crippen molar-refractivity contribution in [3.05, 3.63) is 58.2 Å². The number of halogens is 1. The minimum absolute atomic E-state index is 0. The van der Waals surface area contributed by atoms with Crippen LogP contribution in [0.25, 0.3) is 16.3 Å².